The fourth-order valence-corrected chi connectivity index (χ4v) is 3.59. The molecule has 3 rings (SSSR count). The molecule has 0 aliphatic rings. The van der Waals surface area contributed by atoms with Crippen LogP contribution in [0.2, 0.25) is 0 Å². The summed E-state index contributed by atoms with van der Waals surface area (Å²) in [4.78, 5) is 5.67. The zero-order chi connectivity index (χ0) is 12.7. The first-order valence-corrected chi connectivity index (χ1v) is 7.27. The molecule has 0 bridgehead atoms. The molecule has 1 aromatic carbocycles. The number of fused-ring (bicyclic) bond motifs is 1. The van der Waals surface area contributed by atoms with E-state index in [1.807, 2.05) is 12.1 Å². The molecule has 0 aliphatic carbocycles. The Hall–Kier alpha value is -1.33. The Morgan fingerprint density at radius 3 is 2.94 bits per heavy atom. The van der Waals surface area contributed by atoms with E-state index in [4.69, 9.17) is 5.73 Å². The molecule has 2 heterocycles. The highest BCUT2D eigenvalue weighted by Gasteiger charge is 2.12. The lowest BCUT2D eigenvalue weighted by molar-refractivity contribution is 0.847. The number of anilines is 1. The number of nitrogen functional groups attached to an aromatic ring is 1. The summed E-state index contributed by atoms with van der Waals surface area (Å²) in [6, 6.07) is 8.15. The van der Waals surface area contributed by atoms with E-state index in [1.54, 1.807) is 11.3 Å². The molecule has 18 heavy (non-hydrogen) atoms. The third kappa shape index (κ3) is 1.83. The first-order chi connectivity index (χ1) is 8.66. The van der Waals surface area contributed by atoms with Gasteiger partial charge in [0.15, 0.2) is 0 Å². The van der Waals surface area contributed by atoms with Gasteiger partial charge in [0.2, 0.25) is 5.95 Å². The van der Waals surface area contributed by atoms with Crippen LogP contribution in [0.5, 0.6) is 0 Å². The number of nitrogens with two attached hydrogens (primary N) is 1. The van der Waals surface area contributed by atoms with Crippen LogP contribution in [0.1, 0.15) is 10.4 Å². The van der Waals surface area contributed by atoms with E-state index in [1.165, 1.54) is 10.4 Å². The number of thiophene rings is 1. The summed E-state index contributed by atoms with van der Waals surface area (Å²) in [6.45, 7) is 2.84. The monoisotopic (exact) mass is 321 g/mol. The smallest absolute Gasteiger partial charge is 0.201 e. The van der Waals surface area contributed by atoms with Gasteiger partial charge < -0.3 is 10.3 Å². The summed E-state index contributed by atoms with van der Waals surface area (Å²) in [6.07, 6.45) is 0. The average molecular weight is 322 g/mol. The minimum absolute atomic E-state index is 0.569. The average Bonchev–Trinajstić information content (AvgIpc) is 2.86. The van der Waals surface area contributed by atoms with Crippen LogP contribution in [-0.2, 0) is 6.54 Å². The van der Waals surface area contributed by atoms with Crippen LogP contribution in [0, 0.1) is 6.92 Å². The third-order valence-corrected chi connectivity index (χ3v) is 4.90. The molecule has 2 N–H and O–H groups in total. The standard InChI is InChI=1S/C13H12BrN3S/c1-8-3-2-4-10-12(8)17(13(15)16-10)7-11-9(14)5-6-18-11/h2-6H,7H2,1H3,(H2,15,16). The van der Waals surface area contributed by atoms with Crippen molar-refractivity contribution in [2.45, 2.75) is 13.5 Å². The highest BCUT2D eigenvalue weighted by molar-refractivity contribution is 9.10. The van der Waals surface area contributed by atoms with Gasteiger partial charge in [-0.05, 0) is 45.9 Å². The lowest BCUT2D eigenvalue weighted by Crippen LogP contribution is -2.04. The number of imidazole rings is 1. The van der Waals surface area contributed by atoms with E-state index in [9.17, 15) is 0 Å². The van der Waals surface area contributed by atoms with Crippen LogP contribution in [0.15, 0.2) is 34.1 Å². The molecule has 2 aromatic heterocycles. The summed E-state index contributed by atoms with van der Waals surface area (Å²) in [5.74, 6) is 0.569. The minimum Gasteiger partial charge on any atom is -0.369 e. The van der Waals surface area contributed by atoms with Gasteiger partial charge in [-0.2, -0.15) is 0 Å². The van der Waals surface area contributed by atoms with Gasteiger partial charge in [-0.15, -0.1) is 11.3 Å². The molecule has 92 valence electrons. The third-order valence-electron chi connectivity index (χ3n) is 2.99. The molecule has 0 unspecified atom stereocenters. The first kappa shape index (κ1) is 11.7. The maximum absolute atomic E-state index is 6.03. The quantitative estimate of drug-likeness (QED) is 0.780. The topological polar surface area (TPSA) is 43.8 Å². The van der Waals surface area contributed by atoms with Gasteiger partial charge in [0.05, 0.1) is 17.6 Å². The van der Waals surface area contributed by atoms with Gasteiger partial charge in [-0.25, -0.2) is 4.98 Å². The van der Waals surface area contributed by atoms with Crippen LogP contribution in [0.25, 0.3) is 11.0 Å². The molecule has 0 radical (unpaired) electrons. The summed E-state index contributed by atoms with van der Waals surface area (Å²) < 4.78 is 3.20. The predicted octanol–water partition coefficient (Wildman–Crippen LogP) is 3.80. The first-order valence-electron chi connectivity index (χ1n) is 5.60. The summed E-state index contributed by atoms with van der Waals surface area (Å²) in [5.41, 5.74) is 9.31. The molecule has 0 fully saturated rings. The van der Waals surface area contributed by atoms with E-state index in [0.717, 1.165) is 22.1 Å². The van der Waals surface area contributed by atoms with Gasteiger partial charge in [0.25, 0.3) is 0 Å². The Morgan fingerprint density at radius 2 is 2.22 bits per heavy atom. The van der Waals surface area contributed by atoms with Crippen molar-refractivity contribution in [3.05, 3.63) is 44.6 Å². The fraction of sp³-hybridized carbons (Fsp3) is 0.154. The minimum atomic E-state index is 0.569. The molecule has 3 aromatic rings. The van der Waals surface area contributed by atoms with Crippen LogP contribution < -0.4 is 5.73 Å². The maximum Gasteiger partial charge on any atom is 0.201 e. The molecule has 3 nitrogen and oxygen atoms in total. The molecular formula is C13H12BrN3S. The Bertz CT molecular complexity index is 714. The number of aromatic nitrogens is 2. The molecule has 0 aliphatic heterocycles. The lowest BCUT2D eigenvalue weighted by Gasteiger charge is -2.07. The Kier molecular flexibility index (Phi) is 2.87. The van der Waals surface area contributed by atoms with Crippen molar-refractivity contribution >= 4 is 44.2 Å². The normalized spacial score (nSPS) is 11.2. The van der Waals surface area contributed by atoms with E-state index >= 15 is 0 Å². The number of hydrogen-bond donors (Lipinski definition) is 1. The summed E-state index contributed by atoms with van der Waals surface area (Å²) in [7, 11) is 0. The Labute approximate surface area is 117 Å². The van der Waals surface area contributed by atoms with E-state index in [2.05, 4.69) is 49.9 Å². The van der Waals surface area contributed by atoms with Crippen molar-refractivity contribution in [3.8, 4) is 0 Å². The molecule has 0 amide bonds. The number of hydrogen-bond acceptors (Lipinski definition) is 3. The zero-order valence-electron chi connectivity index (χ0n) is 9.85. The largest absolute Gasteiger partial charge is 0.369 e. The van der Waals surface area contributed by atoms with Gasteiger partial charge in [-0.3, -0.25) is 0 Å². The molecule has 0 saturated carbocycles. The number of para-hydroxylation sites is 1. The fourth-order valence-electron chi connectivity index (χ4n) is 2.12. The van der Waals surface area contributed by atoms with Crippen molar-refractivity contribution in [3.63, 3.8) is 0 Å². The van der Waals surface area contributed by atoms with Crippen LogP contribution in [0.4, 0.5) is 5.95 Å². The van der Waals surface area contributed by atoms with E-state index < -0.39 is 0 Å². The van der Waals surface area contributed by atoms with Crippen molar-refractivity contribution in [2.75, 3.05) is 5.73 Å². The van der Waals surface area contributed by atoms with Crippen LogP contribution in [-0.4, -0.2) is 9.55 Å². The number of halogens is 1. The van der Waals surface area contributed by atoms with Gasteiger partial charge in [0, 0.05) is 9.35 Å². The SMILES string of the molecule is Cc1cccc2nc(N)n(Cc3sccc3Br)c12. The van der Waals surface area contributed by atoms with Gasteiger partial charge >= 0.3 is 0 Å². The molecule has 0 atom stereocenters. The van der Waals surface area contributed by atoms with Crippen molar-refractivity contribution in [1.29, 1.82) is 0 Å². The lowest BCUT2D eigenvalue weighted by atomic mass is 10.2. The highest BCUT2D eigenvalue weighted by atomic mass is 79.9. The van der Waals surface area contributed by atoms with Crippen molar-refractivity contribution in [1.82, 2.24) is 9.55 Å². The van der Waals surface area contributed by atoms with Gasteiger partial charge in [0.1, 0.15) is 0 Å². The van der Waals surface area contributed by atoms with Crippen LogP contribution >= 0.6 is 27.3 Å². The second-order valence-electron chi connectivity index (χ2n) is 4.19. The van der Waals surface area contributed by atoms with Crippen molar-refractivity contribution < 1.29 is 0 Å². The molecule has 0 saturated heterocycles. The Balaban J connectivity index is 2.17. The second kappa shape index (κ2) is 4.40. The van der Waals surface area contributed by atoms with E-state index in [-0.39, 0.29) is 0 Å². The number of benzene rings is 1. The molecule has 5 heteroatoms. The number of aryl methyl sites for hydroxylation is 1. The number of rotatable bonds is 2. The second-order valence-corrected chi connectivity index (χ2v) is 6.05. The molecular weight excluding hydrogens is 310 g/mol. The number of nitrogens with zero attached hydrogens (tertiary/aromatic N) is 2. The maximum atomic E-state index is 6.03. The summed E-state index contributed by atoms with van der Waals surface area (Å²) >= 11 is 5.27. The van der Waals surface area contributed by atoms with E-state index in [0.29, 0.717) is 5.95 Å². The Morgan fingerprint density at radius 1 is 1.39 bits per heavy atom. The summed E-state index contributed by atoms with van der Waals surface area (Å²) in [5, 5.41) is 2.07. The molecule has 0 spiro atoms. The predicted molar refractivity (Wildman–Crippen MR) is 80.0 cm³/mol. The highest BCUT2D eigenvalue weighted by Crippen LogP contribution is 2.28. The zero-order valence-corrected chi connectivity index (χ0v) is 12.3. The van der Waals surface area contributed by atoms with Crippen molar-refractivity contribution in [2.24, 2.45) is 0 Å². The van der Waals surface area contributed by atoms with Crippen LogP contribution in [0.3, 0.4) is 0 Å². The van der Waals surface area contributed by atoms with Gasteiger partial charge in [-0.1, -0.05) is 12.1 Å².